The number of nitrogens with zero attached hydrogens (tertiary/aromatic N) is 2. The molecule has 0 aliphatic heterocycles. The van der Waals surface area contributed by atoms with Crippen molar-refractivity contribution in [2.24, 2.45) is 0 Å². The lowest BCUT2D eigenvalue weighted by molar-refractivity contribution is -0.127. The van der Waals surface area contributed by atoms with Crippen LogP contribution in [0.3, 0.4) is 0 Å². The maximum absolute atomic E-state index is 13.9. The second-order valence-electron chi connectivity index (χ2n) is 10.1. The molecule has 1 N–H and O–H groups in total. The van der Waals surface area contributed by atoms with Crippen LogP contribution in [0.5, 0.6) is 0 Å². The van der Waals surface area contributed by atoms with Crippen LogP contribution in [0.4, 0.5) is 13.2 Å². The summed E-state index contributed by atoms with van der Waals surface area (Å²) in [5, 5.41) is 0. The SMILES string of the molecule is CCCCCCCCCNn1cc(-c2ccc3c(c2CC(F)(F)F)Cc2ccccc2-3)c2ncccc21. The third-order valence-electron chi connectivity index (χ3n) is 7.40. The average molecular weight is 506 g/mol. The van der Waals surface area contributed by atoms with Gasteiger partial charge in [-0.2, -0.15) is 13.2 Å². The second-order valence-corrected chi connectivity index (χ2v) is 10.1. The summed E-state index contributed by atoms with van der Waals surface area (Å²) in [6, 6.07) is 15.6. The monoisotopic (exact) mass is 505 g/mol. The Hall–Kier alpha value is -3.28. The number of nitrogens with one attached hydrogen (secondary N) is 1. The first-order chi connectivity index (χ1) is 18.0. The van der Waals surface area contributed by atoms with Crippen molar-refractivity contribution >= 4 is 11.0 Å². The number of benzene rings is 2. The minimum absolute atomic E-state index is 0.359. The molecule has 194 valence electrons. The lowest BCUT2D eigenvalue weighted by Crippen LogP contribution is -2.15. The first-order valence-electron chi connectivity index (χ1n) is 13.5. The molecule has 6 heteroatoms. The number of hydrogen-bond donors (Lipinski definition) is 1. The van der Waals surface area contributed by atoms with Crippen LogP contribution in [0.2, 0.25) is 0 Å². The number of hydrogen-bond acceptors (Lipinski definition) is 2. The van der Waals surface area contributed by atoms with Crippen LogP contribution in [-0.2, 0) is 12.8 Å². The fraction of sp³-hybridized carbons (Fsp3) is 0.387. The van der Waals surface area contributed by atoms with Gasteiger partial charge in [0.05, 0.1) is 17.5 Å². The van der Waals surface area contributed by atoms with Crippen molar-refractivity contribution in [2.75, 3.05) is 12.0 Å². The molecule has 3 nitrogen and oxygen atoms in total. The van der Waals surface area contributed by atoms with E-state index in [1.807, 2.05) is 59.4 Å². The number of rotatable bonds is 11. The summed E-state index contributed by atoms with van der Waals surface area (Å²) in [7, 11) is 0. The van der Waals surface area contributed by atoms with Crippen molar-refractivity contribution in [3.8, 4) is 22.3 Å². The molecule has 0 atom stereocenters. The van der Waals surface area contributed by atoms with Crippen LogP contribution in [-0.4, -0.2) is 22.4 Å². The minimum atomic E-state index is -4.31. The molecule has 2 aromatic carbocycles. The molecule has 0 spiro atoms. The summed E-state index contributed by atoms with van der Waals surface area (Å²) in [5.74, 6) is 0. The summed E-state index contributed by atoms with van der Waals surface area (Å²) in [6.07, 6.45) is 7.47. The molecule has 37 heavy (non-hydrogen) atoms. The van der Waals surface area contributed by atoms with Crippen LogP contribution < -0.4 is 5.43 Å². The Morgan fingerprint density at radius 3 is 2.41 bits per heavy atom. The van der Waals surface area contributed by atoms with Gasteiger partial charge in [0.2, 0.25) is 0 Å². The summed E-state index contributed by atoms with van der Waals surface area (Å²) in [6.45, 7) is 3.03. The predicted octanol–water partition coefficient (Wildman–Crippen LogP) is 8.67. The van der Waals surface area contributed by atoms with E-state index >= 15 is 0 Å². The summed E-state index contributed by atoms with van der Waals surface area (Å²) >= 11 is 0. The lowest BCUT2D eigenvalue weighted by atomic mass is 9.90. The Balaban J connectivity index is 1.45. The van der Waals surface area contributed by atoms with Crippen molar-refractivity contribution in [2.45, 2.75) is 70.9 Å². The fourth-order valence-corrected chi connectivity index (χ4v) is 5.60. The van der Waals surface area contributed by atoms with Gasteiger partial charge < -0.3 is 5.43 Å². The van der Waals surface area contributed by atoms with Crippen molar-refractivity contribution in [1.29, 1.82) is 0 Å². The standard InChI is InChI=1S/C31H34F3N3/c1-2-3-4-5-6-7-10-18-36-37-21-28(30-29(37)14-11-17-35-30)25-16-15-24-23-13-9-8-12-22(23)19-26(24)27(25)20-31(32,33)34/h8-9,11-17,21,36H,2-7,10,18-20H2,1H3. The second kappa shape index (κ2) is 11.0. The Labute approximate surface area is 216 Å². The van der Waals surface area contributed by atoms with Crippen molar-refractivity contribution in [3.05, 3.63) is 77.6 Å². The van der Waals surface area contributed by atoms with Crippen LogP contribution in [0.25, 0.3) is 33.3 Å². The molecule has 1 aliphatic rings. The number of pyridine rings is 1. The molecule has 0 unspecified atom stereocenters. The third kappa shape index (κ3) is 5.53. The summed E-state index contributed by atoms with van der Waals surface area (Å²) in [5.41, 5.74) is 10.6. The molecule has 0 radical (unpaired) electrons. The maximum atomic E-state index is 13.9. The van der Waals surface area contributed by atoms with Crippen LogP contribution >= 0.6 is 0 Å². The Morgan fingerprint density at radius 1 is 0.838 bits per heavy atom. The smallest absolute Gasteiger partial charge is 0.326 e. The van der Waals surface area contributed by atoms with Gasteiger partial charge in [0.25, 0.3) is 0 Å². The minimum Gasteiger partial charge on any atom is -0.326 e. The van der Waals surface area contributed by atoms with Gasteiger partial charge in [0.15, 0.2) is 0 Å². The third-order valence-corrected chi connectivity index (χ3v) is 7.40. The van der Waals surface area contributed by atoms with E-state index in [0.717, 1.165) is 46.3 Å². The van der Waals surface area contributed by atoms with Gasteiger partial charge in [-0.1, -0.05) is 81.8 Å². The van der Waals surface area contributed by atoms with E-state index in [2.05, 4.69) is 17.3 Å². The van der Waals surface area contributed by atoms with E-state index in [1.54, 1.807) is 6.20 Å². The molecular formula is C31H34F3N3. The Bertz CT molecular complexity index is 1370. The highest BCUT2D eigenvalue weighted by Crippen LogP contribution is 2.44. The molecule has 0 fully saturated rings. The van der Waals surface area contributed by atoms with Crippen LogP contribution in [0.15, 0.2) is 60.9 Å². The van der Waals surface area contributed by atoms with E-state index in [1.165, 1.54) is 38.5 Å². The number of alkyl halides is 3. The summed E-state index contributed by atoms with van der Waals surface area (Å²) in [4.78, 5) is 4.59. The first kappa shape index (κ1) is 25.4. The number of unbranched alkanes of at least 4 members (excludes halogenated alkanes) is 6. The molecule has 1 aliphatic carbocycles. The topological polar surface area (TPSA) is 29.9 Å². The van der Waals surface area contributed by atoms with Gasteiger partial charge in [0.1, 0.15) is 0 Å². The highest BCUT2D eigenvalue weighted by molar-refractivity contribution is 5.95. The lowest BCUT2D eigenvalue weighted by Gasteiger charge is -2.16. The van der Waals surface area contributed by atoms with Crippen LogP contribution in [0.1, 0.15) is 68.6 Å². The fourth-order valence-electron chi connectivity index (χ4n) is 5.60. The molecule has 0 saturated heterocycles. The number of halogens is 3. The van der Waals surface area contributed by atoms with Gasteiger partial charge >= 0.3 is 6.18 Å². The maximum Gasteiger partial charge on any atom is 0.393 e. The quantitative estimate of drug-likeness (QED) is 0.182. The number of aromatic nitrogens is 2. The normalized spacial score (nSPS) is 12.6. The Morgan fingerprint density at radius 2 is 1.59 bits per heavy atom. The zero-order chi connectivity index (χ0) is 25.8. The molecule has 2 aromatic heterocycles. The van der Waals surface area contributed by atoms with Crippen molar-refractivity contribution in [3.63, 3.8) is 0 Å². The van der Waals surface area contributed by atoms with E-state index in [0.29, 0.717) is 23.1 Å². The van der Waals surface area contributed by atoms with Gasteiger partial charge in [-0.15, -0.1) is 0 Å². The van der Waals surface area contributed by atoms with Gasteiger partial charge in [0, 0.05) is 24.5 Å². The van der Waals surface area contributed by atoms with Gasteiger partial charge in [-0.3, -0.25) is 9.66 Å². The zero-order valence-electron chi connectivity index (χ0n) is 21.4. The molecule has 0 bridgehead atoms. The largest absolute Gasteiger partial charge is 0.393 e. The Kier molecular flexibility index (Phi) is 7.54. The average Bonchev–Trinajstić information content (AvgIpc) is 3.44. The highest BCUT2D eigenvalue weighted by Gasteiger charge is 2.33. The van der Waals surface area contributed by atoms with E-state index in [-0.39, 0.29) is 0 Å². The van der Waals surface area contributed by atoms with Gasteiger partial charge in [-0.25, -0.2) is 0 Å². The molecule has 0 amide bonds. The van der Waals surface area contributed by atoms with Crippen molar-refractivity contribution < 1.29 is 13.2 Å². The predicted molar refractivity (Wildman–Crippen MR) is 145 cm³/mol. The van der Waals surface area contributed by atoms with Crippen molar-refractivity contribution in [1.82, 2.24) is 9.66 Å². The molecular weight excluding hydrogens is 471 g/mol. The first-order valence-corrected chi connectivity index (χ1v) is 13.5. The zero-order valence-corrected chi connectivity index (χ0v) is 21.4. The summed E-state index contributed by atoms with van der Waals surface area (Å²) < 4.78 is 43.5. The van der Waals surface area contributed by atoms with Crippen LogP contribution in [0, 0.1) is 0 Å². The molecule has 5 rings (SSSR count). The van der Waals surface area contributed by atoms with E-state index in [4.69, 9.17) is 0 Å². The molecule has 4 aromatic rings. The van der Waals surface area contributed by atoms with E-state index in [9.17, 15) is 13.2 Å². The highest BCUT2D eigenvalue weighted by atomic mass is 19.4. The van der Waals surface area contributed by atoms with E-state index < -0.39 is 12.6 Å². The van der Waals surface area contributed by atoms with Gasteiger partial charge in [-0.05, 0) is 58.4 Å². The molecule has 0 saturated carbocycles. The number of fused-ring (bicyclic) bond motifs is 4. The molecule has 2 heterocycles.